The van der Waals surface area contributed by atoms with E-state index in [0.29, 0.717) is 55.4 Å². The fraction of sp³-hybridized carbons (Fsp3) is 0.333. The zero-order valence-corrected chi connectivity index (χ0v) is 18.1. The van der Waals surface area contributed by atoms with Crippen molar-refractivity contribution < 1.29 is 18.4 Å². The molecule has 1 fully saturated rings. The number of rotatable bonds is 5. The van der Waals surface area contributed by atoms with Crippen LogP contribution < -0.4 is 5.32 Å². The number of halogens is 1. The van der Waals surface area contributed by atoms with Gasteiger partial charge in [-0.05, 0) is 61.2 Å². The predicted octanol–water partition coefficient (Wildman–Crippen LogP) is 3.66. The summed E-state index contributed by atoms with van der Waals surface area (Å²) in [6.07, 6.45) is 1.19. The Kier molecular flexibility index (Phi) is 6.30. The van der Waals surface area contributed by atoms with Gasteiger partial charge in [-0.3, -0.25) is 9.59 Å². The van der Waals surface area contributed by atoms with Crippen molar-refractivity contribution in [2.75, 3.05) is 13.1 Å². The largest absolute Gasteiger partial charge is 0.421 e. The highest BCUT2D eigenvalue weighted by molar-refractivity contribution is 5.94. The monoisotopic (exact) mass is 436 g/mol. The van der Waals surface area contributed by atoms with Crippen LogP contribution in [0.25, 0.3) is 11.5 Å². The Bertz CT molecular complexity index is 1120. The molecule has 7 nitrogen and oxygen atoms in total. The molecule has 2 heterocycles. The minimum absolute atomic E-state index is 0.0581. The molecule has 0 saturated carbocycles. The van der Waals surface area contributed by atoms with E-state index in [4.69, 9.17) is 4.42 Å². The summed E-state index contributed by atoms with van der Waals surface area (Å²) in [6, 6.07) is 12.0. The molecule has 3 aromatic rings. The number of piperidine rings is 1. The van der Waals surface area contributed by atoms with E-state index in [1.165, 1.54) is 6.07 Å². The lowest BCUT2D eigenvalue weighted by atomic mass is 9.95. The first-order valence-electron chi connectivity index (χ1n) is 10.6. The number of carbonyl (C=O) groups is 2. The number of amides is 2. The molecule has 8 heteroatoms. The van der Waals surface area contributed by atoms with Crippen molar-refractivity contribution in [2.45, 2.75) is 33.2 Å². The van der Waals surface area contributed by atoms with Gasteiger partial charge in [0.05, 0.1) is 0 Å². The molecule has 0 radical (unpaired) electrons. The van der Waals surface area contributed by atoms with Gasteiger partial charge in [0, 0.05) is 43.6 Å². The van der Waals surface area contributed by atoms with E-state index in [0.717, 1.165) is 11.1 Å². The van der Waals surface area contributed by atoms with E-state index in [-0.39, 0.29) is 23.5 Å². The summed E-state index contributed by atoms with van der Waals surface area (Å²) < 4.78 is 19.1. The highest BCUT2D eigenvalue weighted by atomic mass is 19.1. The minimum Gasteiger partial charge on any atom is -0.421 e. The summed E-state index contributed by atoms with van der Waals surface area (Å²) in [5, 5.41) is 10.7. The molecule has 32 heavy (non-hydrogen) atoms. The third kappa shape index (κ3) is 4.85. The van der Waals surface area contributed by atoms with Crippen LogP contribution in [0.5, 0.6) is 0 Å². The van der Waals surface area contributed by atoms with Gasteiger partial charge in [0.15, 0.2) is 0 Å². The van der Waals surface area contributed by atoms with Gasteiger partial charge in [-0.25, -0.2) is 4.39 Å². The molecule has 0 bridgehead atoms. The van der Waals surface area contributed by atoms with Crippen LogP contribution in [0.4, 0.5) is 4.39 Å². The normalized spacial score (nSPS) is 14.4. The fourth-order valence-electron chi connectivity index (χ4n) is 3.78. The van der Waals surface area contributed by atoms with Gasteiger partial charge < -0.3 is 14.6 Å². The van der Waals surface area contributed by atoms with Crippen LogP contribution in [0.2, 0.25) is 0 Å². The molecule has 2 amide bonds. The van der Waals surface area contributed by atoms with Gasteiger partial charge in [-0.2, -0.15) is 0 Å². The van der Waals surface area contributed by atoms with Crippen LogP contribution in [-0.4, -0.2) is 40.0 Å². The first-order valence-corrected chi connectivity index (χ1v) is 10.6. The smallest absolute Gasteiger partial charge is 0.253 e. The van der Waals surface area contributed by atoms with E-state index in [1.807, 2.05) is 6.07 Å². The Balaban J connectivity index is 1.28. The number of nitrogens with one attached hydrogen (secondary N) is 1. The Morgan fingerprint density at radius 3 is 2.44 bits per heavy atom. The molecule has 2 aromatic carbocycles. The maximum Gasteiger partial charge on any atom is 0.253 e. The summed E-state index contributed by atoms with van der Waals surface area (Å²) in [7, 11) is 0. The second kappa shape index (κ2) is 9.30. The van der Waals surface area contributed by atoms with Gasteiger partial charge in [0.2, 0.25) is 17.7 Å². The fourth-order valence-corrected chi connectivity index (χ4v) is 3.78. The molecule has 1 aromatic heterocycles. The quantitative estimate of drug-likeness (QED) is 0.659. The zero-order chi connectivity index (χ0) is 22.7. The second-order valence-electron chi connectivity index (χ2n) is 8.07. The summed E-state index contributed by atoms with van der Waals surface area (Å²) in [5.41, 5.74) is 2.64. The lowest BCUT2D eigenvalue weighted by Gasteiger charge is -2.31. The van der Waals surface area contributed by atoms with Gasteiger partial charge >= 0.3 is 0 Å². The molecule has 1 saturated heterocycles. The SMILES string of the molecule is Cc1nnc(-c2ccc(C(=O)N3CCC(C(=O)NCc4ccc(C)c(F)c4)CC3)cc2)o1. The maximum absolute atomic E-state index is 13.7. The molecule has 4 rings (SSSR count). The van der Waals surface area contributed by atoms with Crippen LogP contribution in [0.3, 0.4) is 0 Å². The number of hydrogen-bond donors (Lipinski definition) is 1. The molecule has 1 aliphatic rings. The average Bonchev–Trinajstić information content (AvgIpc) is 3.25. The highest BCUT2D eigenvalue weighted by Gasteiger charge is 2.27. The van der Waals surface area contributed by atoms with Crippen molar-refractivity contribution in [1.82, 2.24) is 20.4 Å². The third-order valence-electron chi connectivity index (χ3n) is 5.76. The van der Waals surface area contributed by atoms with E-state index < -0.39 is 0 Å². The van der Waals surface area contributed by atoms with Crippen LogP contribution in [0, 0.1) is 25.6 Å². The Morgan fingerprint density at radius 1 is 1.09 bits per heavy atom. The van der Waals surface area contributed by atoms with E-state index in [2.05, 4.69) is 15.5 Å². The predicted molar refractivity (Wildman–Crippen MR) is 116 cm³/mol. The summed E-state index contributed by atoms with van der Waals surface area (Å²) in [5.74, 6) is 0.352. The Morgan fingerprint density at radius 2 is 1.81 bits per heavy atom. The molecule has 0 atom stereocenters. The lowest BCUT2D eigenvalue weighted by Crippen LogP contribution is -2.42. The molecule has 1 N–H and O–H groups in total. The number of carbonyl (C=O) groups excluding carboxylic acids is 2. The van der Waals surface area contributed by atoms with Crippen LogP contribution in [-0.2, 0) is 11.3 Å². The second-order valence-corrected chi connectivity index (χ2v) is 8.07. The van der Waals surface area contributed by atoms with Crippen molar-refractivity contribution in [3.8, 4) is 11.5 Å². The van der Waals surface area contributed by atoms with Crippen LogP contribution >= 0.6 is 0 Å². The van der Waals surface area contributed by atoms with Crippen molar-refractivity contribution in [2.24, 2.45) is 5.92 Å². The number of benzene rings is 2. The standard InChI is InChI=1S/C24H25FN4O3/c1-15-3-4-17(13-21(15)25)14-26-22(30)18-9-11-29(12-10-18)24(31)20-7-5-19(6-8-20)23-28-27-16(2)32-23/h3-8,13,18H,9-12,14H2,1-2H3,(H,26,30). The van der Waals surface area contributed by atoms with Gasteiger partial charge in [0.25, 0.3) is 5.91 Å². The van der Waals surface area contributed by atoms with Crippen LogP contribution in [0.15, 0.2) is 46.9 Å². The summed E-state index contributed by atoms with van der Waals surface area (Å²) >= 11 is 0. The number of aryl methyl sites for hydroxylation is 2. The minimum atomic E-state index is -0.274. The first kappa shape index (κ1) is 21.7. The topological polar surface area (TPSA) is 88.3 Å². The molecular weight excluding hydrogens is 411 g/mol. The van der Waals surface area contributed by atoms with E-state index in [9.17, 15) is 14.0 Å². The molecule has 0 spiro atoms. The van der Waals surface area contributed by atoms with E-state index >= 15 is 0 Å². The summed E-state index contributed by atoms with van der Waals surface area (Å²) in [4.78, 5) is 27.1. The number of aromatic nitrogens is 2. The van der Waals surface area contributed by atoms with Crippen molar-refractivity contribution >= 4 is 11.8 Å². The lowest BCUT2D eigenvalue weighted by molar-refractivity contribution is -0.126. The van der Waals surface area contributed by atoms with Gasteiger partial charge in [0.1, 0.15) is 5.82 Å². The highest BCUT2D eigenvalue weighted by Crippen LogP contribution is 2.22. The molecule has 1 aliphatic heterocycles. The Labute approximate surface area is 185 Å². The molecule has 0 unspecified atom stereocenters. The maximum atomic E-state index is 13.7. The number of likely N-dealkylation sites (tertiary alicyclic amines) is 1. The zero-order valence-electron chi connectivity index (χ0n) is 18.1. The molecule has 166 valence electrons. The molecule has 0 aliphatic carbocycles. The number of nitrogens with zero attached hydrogens (tertiary/aromatic N) is 3. The van der Waals surface area contributed by atoms with Crippen molar-refractivity contribution in [3.63, 3.8) is 0 Å². The van der Waals surface area contributed by atoms with Crippen LogP contribution in [0.1, 0.15) is 40.2 Å². The van der Waals surface area contributed by atoms with Crippen molar-refractivity contribution in [1.29, 1.82) is 0 Å². The average molecular weight is 436 g/mol. The molecular formula is C24H25FN4O3. The first-order chi connectivity index (χ1) is 15.4. The third-order valence-corrected chi connectivity index (χ3v) is 5.76. The number of hydrogen-bond acceptors (Lipinski definition) is 5. The Hall–Kier alpha value is -3.55. The summed E-state index contributed by atoms with van der Waals surface area (Å²) in [6.45, 7) is 4.75. The van der Waals surface area contributed by atoms with Gasteiger partial charge in [-0.1, -0.05) is 12.1 Å². The van der Waals surface area contributed by atoms with Crippen molar-refractivity contribution in [3.05, 3.63) is 70.9 Å². The van der Waals surface area contributed by atoms with Gasteiger partial charge in [-0.15, -0.1) is 10.2 Å². The van der Waals surface area contributed by atoms with E-state index in [1.54, 1.807) is 49.1 Å².